The molecule has 0 aromatic carbocycles. The van der Waals surface area contributed by atoms with Crippen LogP contribution in [0.3, 0.4) is 0 Å². The Morgan fingerprint density at radius 1 is 1.47 bits per heavy atom. The monoisotopic (exact) mass is 209 g/mol. The number of Topliss-reactive ketones (excluding diaryl/α,β-unsaturated/α-hetero) is 1. The van der Waals surface area contributed by atoms with Crippen molar-refractivity contribution in [1.29, 1.82) is 0 Å². The van der Waals surface area contributed by atoms with E-state index >= 15 is 0 Å². The number of carbonyl (C=O) groups is 1. The van der Waals surface area contributed by atoms with Crippen molar-refractivity contribution in [2.24, 2.45) is 0 Å². The van der Waals surface area contributed by atoms with E-state index in [1.54, 1.807) is 0 Å². The molecule has 1 aliphatic rings. The lowest BCUT2D eigenvalue weighted by Gasteiger charge is -2.39. The summed E-state index contributed by atoms with van der Waals surface area (Å²) in [4.78, 5) is 14.1. The first-order chi connectivity index (χ1) is 7.09. The maximum atomic E-state index is 11.9. The number of ether oxygens (including phenoxy) is 1. The Labute approximate surface area is 91.8 Å². The second-order valence-electron chi connectivity index (χ2n) is 4.29. The third-order valence-corrected chi connectivity index (χ3v) is 2.98. The summed E-state index contributed by atoms with van der Waals surface area (Å²) >= 11 is 0. The van der Waals surface area contributed by atoms with Crippen molar-refractivity contribution in [3.8, 4) is 12.3 Å². The van der Waals surface area contributed by atoms with Crippen LogP contribution in [0.15, 0.2) is 0 Å². The van der Waals surface area contributed by atoms with Gasteiger partial charge in [0.15, 0.2) is 5.78 Å². The lowest BCUT2D eigenvalue weighted by Crippen LogP contribution is -2.54. The largest absolute Gasteiger partial charge is 0.379 e. The molecule has 0 aromatic rings. The number of hydrogen-bond acceptors (Lipinski definition) is 3. The minimum atomic E-state index is -0.402. The van der Waals surface area contributed by atoms with E-state index in [2.05, 4.69) is 10.8 Å². The van der Waals surface area contributed by atoms with Crippen LogP contribution in [0.2, 0.25) is 0 Å². The molecule has 3 heteroatoms. The zero-order valence-electron chi connectivity index (χ0n) is 9.58. The van der Waals surface area contributed by atoms with Gasteiger partial charge in [-0.3, -0.25) is 9.69 Å². The van der Waals surface area contributed by atoms with E-state index in [4.69, 9.17) is 11.2 Å². The minimum Gasteiger partial charge on any atom is -0.379 e. The van der Waals surface area contributed by atoms with Crippen molar-refractivity contribution in [3.63, 3.8) is 0 Å². The third-order valence-electron chi connectivity index (χ3n) is 2.98. The standard InChI is InChI=1S/C12H19NO2/c1-4-5-6-11(14)12(2,3)13-7-9-15-10-8-13/h1H,5-10H2,2-3H3. The van der Waals surface area contributed by atoms with E-state index in [0.29, 0.717) is 26.1 Å². The first kappa shape index (κ1) is 12.2. The number of morpholine rings is 1. The average molecular weight is 209 g/mol. The first-order valence-electron chi connectivity index (χ1n) is 5.38. The van der Waals surface area contributed by atoms with Gasteiger partial charge in [-0.05, 0) is 13.8 Å². The number of terminal acetylenes is 1. The van der Waals surface area contributed by atoms with Crippen LogP contribution in [-0.2, 0) is 9.53 Å². The molecular formula is C12H19NO2. The van der Waals surface area contributed by atoms with Crippen LogP contribution in [0.1, 0.15) is 26.7 Å². The van der Waals surface area contributed by atoms with Crippen molar-refractivity contribution in [2.75, 3.05) is 26.3 Å². The summed E-state index contributed by atoms with van der Waals surface area (Å²) in [5.74, 6) is 2.73. The molecule has 1 fully saturated rings. The van der Waals surface area contributed by atoms with Crippen LogP contribution in [0.5, 0.6) is 0 Å². The fourth-order valence-electron chi connectivity index (χ4n) is 1.79. The smallest absolute Gasteiger partial charge is 0.153 e. The van der Waals surface area contributed by atoms with Gasteiger partial charge in [0.05, 0.1) is 18.8 Å². The van der Waals surface area contributed by atoms with Crippen LogP contribution >= 0.6 is 0 Å². The van der Waals surface area contributed by atoms with Crippen LogP contribution in [0, 0.1) is 12.3 Å². The highest BCUT2D eigenvalue weighted by Gasteiger charge is 2.34. The summed E-state index contributed by atoms with van der Waals surface area (Å²) in [5, 5.41) is 0. The summed E-state index contributed by atoms with van der Waals surface area (Å²) in [7, 11) is 0. The van der Waals surface area contributed by atoms with E-state index < -0.39 is 5.54 Å². The maximum Gasteiger partial charge on any atom is 0.153 e. The van der Waals surface area contributed by atoms with Gasteiger partial charge >= 0.3 is 0 Å². The van der Waals surface area contributed by atoms with E-state index in [9.17, 15) is 4.79 Å². The predicted molar refractivity (Wildman–Crippen MR) is 59.5 cm³/mol. The zero-order chi connectivity index (χ0) is 11.3. The molecule has 84 valence electrons. The second-order valence-corrected chi connectivity index (χ2v) is 4.29. The molecule has 1 rings (SSSR count). The molecule has 0 amide bonds. The molecule has 1 heterocycles. The van der Waals surface area contributed by atoms with Gasteiger partial charge < -0.3 is 4.74 Å². The fourth-order valence-corrected chi connectivity index (χ4v) is 1.79. The van der Waals surface area contributed by atoms with Gasteiger partial charge in [0.2, 0.25) is 0 Å². The summed E-state index contributed by atoms with van der Waals surface area (Å²) in [6.45, 7) is 7.02. The first-order valence-corrected chi connectivity index (χ1v) is 5.38. The SMILES string of the molecule is C#CCCC(=O)C(C)(C)N1CCOCC1. The van der Waals surface area contributed by atoms with Crippen molar-refractivity contribution in [2.45, 2.75) is 32.2 Å². The average Bonchev–Trinajstić information content (AvgIpc) is 2.27. The number of hydrogen-bond donors (Lipinski definition) is 0. The fraction of sp³-hybridized carbons (Fsp3) is 0.750. The van der Waals surface area contributed by atoms with Gasteiger partial charge in [-0.1, -0.05) is 0 Å². The highest BCUT2D eigenvalue weighted by atomic mass is 16.5. The molecule has 15 heavy (non-hydrogen) atoms. The molecule has 0 unspecified atom stereocenters. The number of ketones is 1. The highest BCUT2D eigenvalue weighted by molar-refractivity contribution is 5.87. The van der Waals surface area contributed by atoms with Gasteiger partial charge in [-0.15, -0.1) is 12.3 Å². The van der Waals surface area contributed by atoms with E-state index in [1.165, 1.54) is 0 Å². The van der Waals surface area contributed by atoms with Gasteiger partial charge in [0.1, 0.15) is 0 Å². The third kappa shape index (κ3) is 3.05. The summed E-state index contributed by atoms with van der Waals surface area (Å²) < 4.78 is 5.27. The van der Waals surface area contributed by atoms with E-state index in [0.717, 1.165) is 13.1 Å². The summed E-state index contributed by atoms with van der Waals surface area (Å²) in [6, 6.07) is 0. The van der Waals surface area contributed by atoms with E-state index in [-0.39, 0.29) is 5.78 Å². The Morgan fingerprint density at radius 2 is 2.07 bits per heavy atom. The predicted octanol–water partition coefficient (Wildman–Crippen LogP) is 1.08. The van der Waals surface area contributed by atoms with Crippen LogP contribution in [0.4, 0.5) is 0 Å². The quantitative estimate of drug-likeness (QED) is 0.649. The summed E-state index contributed by atoms with van der Waals surface area (Å²) in [6.07, 6.45) is 6.17. The molecule has 0 atom stereocenters. The Bertz CT molecular complexity index is 259. The van der Waals surface area contributed by atoms with Gasteiger partial charge in [0, 0.05) is 25.9 Å². The second kappa shape index (κ2) is 5.29. The topological polar surface area (TPSA) is 29.5 Å². The zero-order valence-corrected chi connectivity index (χ0v) is 9.58. The lowest BCUT2D eigenvalue weighted by molar-refractivity contribution is -0.132. The van der Waals surface area contributed by atoms with Gasteiger partial charge in [0.25, 0.3) is 0 Å². The van der Waals surface area contributed by atoms with Crippen molar-refractivity contribution >= 4 is 5.78 Å². The van der Waals surface area contributed by atoms with Crippen molar-refractivity contribution < 1.29 is 9.53 Å². The number of rotatable bonds is 4. The Morgan fingerprint density at radius 3 is 2.60 bits per heavy atom. The van der Waals surface area contributed by atoms with Crippen molar-refractivity contribution in [1.82, 2.24) is 4.90 Å². The molecule has 0 aliphatic carbocycles. The Balaban J connectivity index is 2.55. The number of nitrogens with zero attached hydrogens (tertiary/aromatic N) is 1. The molecule has 0 spiro atoms. The molecule has 0 bridgehead atoms. The van der Waals surface area contributed by atoms with Gasteiger partial charge in [-0.25, -0.2) is 0 Å². The normalized spacial score (nSPS) is 18.5. The van der Waals surface area contributed by atoms with Crippen LogP contribution in [0.25, 0.3) is 0 Å². The molecule has 0 saturated carbocycles. The number of carbonyl (C=O) groups excluding carboxylic acids is 1. The van der Waals surface area contributed by atoms with Crippen LogP contribution in [-0.4, -0.2) is 42.5 Å². The van der Waals surface area contributed by atoms with Crippen molar-refractivity contribution in [3.05, 3.63) is 0 Å². The van der Waals surface area contributed by atoms with Crippen LogP contribution < -0.4 is 0 Å². The molecule has 0 radical (unpaired) electrons. The van der Waals surface area contributed by atoms with Gasteiger partial charge in [-0.2, -0.15) is 0 Å². The van der Waals surface area contributed by atoms with E-state index in [1.807, 2.05) is 13.8 Å². The lowest BCUT2D eigenvalue weighted by atomic mass is 9.93. The molecule has 0 aromatic heterocycles. The minimum absolute atomic E-state index is 0.224. The maximum absolute atomic E-state index is 11.9. The molecular weight excluding hydrogens is 190 g/mol. The Hall–Kier alpha value is -0.850. The molecule has 1 saturated heterocycles. The molecule has 0 N–H and O–H groups in total. The highest BCUT2D eigenvalue weighted by Crippen LogP contribution is 2.19. The molecule has 1 aliphatic heterocycles. The summed E-state index contributed by atoms with van der Waals surface area (Å²) in [5.41, 5.74) is -0.402. The Kier molecular flexibility index (Phi) is 4.31. The molecule has 3 nitrogen and oxygen atoms in total.